The molecule has 0 saturated heterocycles. The third-order valence-electron chi connectivity index (χ3n) is 0.394. The van der Waals surface area contributed by atoms with E-state index in [1.807, 2.05) is 0 Å². The van der Waals surface area contributed by atoms with Gasteiger partial charge in [-0.2, -0.15) is 0 Å². The zero-order valence-corrected chi connectivity index (χ0v) is 25.6. The zero-order chi connectivity index (χ0) is 6.24. The predicted molar refractivity (Wildman–Crippen MR) is 23.3 cm³/mol. The number of hydrogen-bond acceptors (Lipinski definition) is 2. The van der Waals surface area contributed by atoms with Crippen molar-refractivity contribution in [1.82, 2.24) is 0 Å². The summed E-state index contributed by atoms with van der Waals surface area (Å²) in [5.74, 6) is 0. The molecule has 0 aromatic carbocycles. The van der Waals surface area contributed by atoms with E-state index in [0.717, 1.165) is 6.79 Å². The van der Waals surface area contributed by atoms with Crippen molar-refractivity contribution in [3.8, 4) is 0 Å². The van der Waals surface area contributed by atoms with Crippen molar-refractivity contribution in [3.63, 3.8) is 0 Å². The summed E-state index contributed by atoms with van der Waals surface area (Å²) in [5, 5.41) is 0. The molecule has 2 nitrogen and oxygen atoms in total. The first-order valence-corrected chi connectivity index (χ1v) is 2.08. The Morgan fingerprint density at radius 2 is 1.55 bits per heavy atom. The molecule has 0 aromatic rings. The maximum Gasteiger partial charge on any atom is 0.161 e. The van der Waals surface area contributed by atoms with Gasteiger partial charge in [0.25, 0.3) is 0 Å². The second-order valence-electron chi connectivity index (χ2n) is 0.932. The van der Waals surface area contributed by atoms with Crippen molar-refractivity contribution in [2.45, 2.75) is 0 Å². The number of hydrogen-bond donors (Lipinski definition) is 0. The van der Waals surface area contributed by atoms with Crippen LogP contribution < -0.4 is 0 Å². The van der Waals surface area contributed by atoms with E-state index in [2.05, 4.69) is 9.47 Å². The van der Waals surface area contributed by atoms with Gasteiger partial charge in [0.15, 0.2) is 6.86 Å². The summed E-state index contributed by atoms with van der Waals surface area (Å²) >= 11 is 0. The molecule has 0 amide bonds. The molecule has 0 saturated carbocycles. The third kappa shape index (κ3) is 48.9. The van der Waals surface area contributed by atoms with E-state index in [1.54, 1.807) is 0 Å². The Bertz CT molecular complexity index is 46.3. The molecule has 0 N–H and O–H groups in total. The first-order valence-electron chi connectivity index (χ1n) is 2.08. The molecular formula is C4H7F2O2Rf3-. The Morgan fingerprint density at radius 3 is 1.91 bits per heavy atom. The maximum atomic E-state index is 11.1. The van der Waals surface area contributed by atoms with Crippen LogP contribution in [0.25, 0.3) is 0 Å². The van der Waals surface area contributed by atoms with Gasteiger partial charge in [0.05, 0.1) is 0 Å². The molecule has 0 bridgehead atoms. The van der Waals surface area contributed by atoms with Crippen LogP contribution in [-0.4, -0.2) is 20.1 Å². The molecule has 0 rings (SSSR count). The molecule has 11 heavy (non-hydrogen) atoms. The summed E-state index contributed by atoms with van der Waals surface area (Å²) in [6.07, 6.45) is 0. The Balaban J connectivity index is -0.0000000817. The molecule has 0 spiro atoms. The fraction of sp³-hybridized carbons (Fsp3) is 0.750. The quantitative estimate of drug-likeness (QED) is 0.304. The molecule has 56 valence electrons. The molecule has 0 aliphatic rings. The van der Waals surface area contributed by atoms with Crippen LogP contribution in [0, 0.1) is 6.79 Å². The van der Waals surface area contributed by atoms with Crippen LogP contribution in [0.4, 0.5) is 8.78 Å². The number of halogens is 2. The van der Waals surface area contributed by atoms with Crippen LogP contribution >= 0.6 is 0 Å². The molecule has 0 aromatic heterocycles. The second-order valence-corrected chi connectivity index (χ2v) is 0.932. The number of rotatable bonds is 5. The largest absolute Gasteiger partial charge is 0.523 e. The fourth-order valence-electron chi connectivity index (χ4n) is 0.166. The van der Waals surface area contributed by atoms with Crippen molar-refractivity contribution in [1.29, 1.82) is 0 Å². The Hall–Kier alpha value is -3.22. The average Bonchev–Trinajstić information content (AvgIpc) is 1.81. The average molecular weight is 926 g/mol. The van der Waals surface area contributed by atoms with Crippen molar-refractivity contribution in [2.75, 3.05) is 20.1 Å². The molecule has 0 unspecified atom stereocenters. The van der Waals surface area contributed by atoms with Gasteiger partial charge in [-0.05, 0) is 0 Å². The van der Waals surface area contributed by atoms with Gasteiger partial charge in [0.2, 0.25) is 0 Å². The van der Waals surface area contributed by atoms with Crippen molar-refractivity contribution >= 4 is 0 Å². The van der Waals surface area contributed by atoms with Gasteiger partial charge in [0.1, 0.15) is 6.67 Å². The van der Waals surface area contributed by atoms with Gasteiger partial charge in [-0.25, -0.2) is 8.78 Å². The smallest absolute Gasteiger partial charge is 0.161 e. The minimum atomic E-state index is -0.938. The monoisotopic (exact) mass is 926 g/mol. The van der Waals surface area contributed by atoms with Gasteiger partial charge in [-0.1, -0.05) is 6.79 Å². The van der Waals surface area contributed by atoms with Gasteiger partial charge in [-0.15, -0.1) is 0 Å². The van der Waals surface area contributed by atoms with Crippen molar-refractivity contribution < 1.29 is 18.3 Å². The topological polar surface area (TPSA) is 18.5 Å². The summed E-state index contributed by atoms with van der Waals surface area (Å²) in [6, 6.07) is 0. The van der Waals surface area contributed by atoms with E-state index < -0.39 is 13.5 Å². The van der Waals surface area contributed by atoms with Crippen molar-refractivity contribution in [2.24, 2.45) is 0 Å². The second kappa shape index (κ2) is 29.3. The molecule has 7 heteroatoms. The first-order chi connectivity index (χ1) is 3.91. The normalized spacial score (nSPS) is 7.09. The molecular weight excluding hydrogens is 919 g/mol. The van der Waals surface area contributed by atoms with E-state index in [4.69, 9.17) is 0 Å². The van der Waals surface area contributed by atoms with Crippen LogP contribution in [0.15, 0.2) is 0 Å². The summed E-state index contributed by atoms with van der Waals surface area (Å²) in [7, 11) is 0. The van der Waals surface area contributed by atoms with Crippen LogP contribution in [0.3, 0.4) is 0 Å². The van der Waals surface area contributed by atoms with Gasteiger partial charge in [0, 0.05) is 6.61 Å². The van der Waals surface area contributed by atoms with Crippen molar-refractivity contribution in [3.05, 3.63) is 6.79 Å². The molecule has 0 radical (unpaired) electrons. The van der Waals surface area contributed by atoms with E-state index >= 15 is 0 Å². The summed E-state index contributed by atoms with van der Waals surface area (Å²) in [6.45, 7) is -0.835. The SMILES string of the molecule is FCCO[CH-]OCF.[Rf].[Rf].[Rf]. The van der Waals surface area contributed by atoms with Crippen LogP contribution in [0.1, 0.15) is 0 Å². The van der Waals surface area contributed by atoms with Crippen LogP contribution in [0.2, 0.25) is 0 Å². The third-order valence-corrected chi connectivity index (χ3v) is 0.394. The molecule has 0 atom stereocenters. The van der Waals surface area contributed by atoms with Crippen LogP contribution in [-0.2, 0) is 9.47 Å². The van der Waals surface area contributed by atoms with Crippen LogP contribution in [0.5, 0.6) is 0 Å². The number of alkyl halides is 2. The minimum Gasteiger partial charge on any atom is -0.523 e. The predicted octanol–water partition coefficient (Wildman–Crippen LogP) is 1.04. The standard InChI is InChI=1S/C4H7F2O2.3Rf/c5-1-2-7-4-8-3-6;;;/h4H,1-3H2;;;/q-1;;;. The van der Waals surface area contributed by atoms with E-state index in [9.17, 15) is 8.78 Å². The van der Waals surface area contributed by atoms with E-state index in [0.29, 0.717) is 0 Å². The van der Waals surface area contributed by atoms with E-state index in [-0.39, 0.29) is 6.61 Å². The summed E-state index contributed by atoms with van der Waals surface area (Å²) in [4.78, 5) is 0. The van der Waals surface area contributed by atoms with Gasteiger partial charge < -0.3 is 9.47 Å². The Labute approximate surface area is 46.4 Å². The first kappa shape index (κ1) is 25.0. The van der Waals surface area contributed by atoms with E-state index in [1.165, 1.54) is 0 Å². The van der Waals surface area contributed by atoms with Gasteiger partial charge >= 0.3 is 0 Å². The Kier molecular flexibility index (Phi) is 66.7. The minimum absolute atomic E-state index is 0. The molecule has 0 aliphatic carbocycles. The molecule has 0 fully saturated rings. The zero-order valence-electron chi connectivity index (χ0n) is 6.39. The summed E-state index contributed by atoms with van der Waals surface area (Å²) in [5.41, 5.74) is 0. The summed E-state index contributed by atoms with van der Waals surface area (Å²) < 4.78 is 30.3. The molecule has 0 aliphatic heterocycles. The number of ether oxygens (including phenoxy) is 2. The Morgan fingerprint density at radius 1 is 1.00 bits per heavy atom. The fourth-order valence-corrected chi connectivity index (χ4v) is 0.166. The molecule has 0 heterocycles. The maximum absolute atomic E-state index is 11.1. The van der Waals surface area contributed by atoms with Gasteiger partial charge in [-0.3, -0.25) is 0 Å².